The van der Waals surface area contributed by atoms with Crippen LogP contribution >= 0.6 is 0 Å². The van der Waals surface area contributed by atoms with Crippen LogP contribution in [0.1, 0.15) is 36.1 Å². The summed E-state index contributed by atoms with van der Waals surface area (Å²) in [5, 5.41) is 24.0. The van der Waals surface area contributed by atoms with Gasteiger partial charge < -0.3 is 20.5 Å². The number of benzene rings is 4. The van der Waals surface area contributed by atoms with Crippen molar-refractivity contribution in [3.63, 3.8) is 0 Å². The van der Waals surface area contributed by atoms with Crippen molar-refractivity contribution in [2.24, 2.45) is 0 Å². The van der Waals surface area contributed by atoms with Gasteiger partial charge in [-0.1, -0.05) is 60.7 Å². The first-order valence-corrected chi connectivity index (χ1v) is 11.7. The molecular formula is C30H24N2O4Zn. The van der Waals surface area contributed by atoms with Crippen LogP contribution in [0.5, 0.6) is 0 Å². The Bertz CT molecular complexity index is 1390. The van der Waals surface area contributed by atoms with Crippen molar-refractivity contribution in [1.82, 2.24) is 0 Å². The Labute approximate surface area is 228 Å². The molecule has 0 atom stereocenters. The minimum Gasteiger partial charge on any atom is -0.752 e. The second-order valence-electron chi connectivity index (χ2n) is 8.98. The Morgan fingerprint density at radius 3 is 1.30 bits per heavy atom. The molecule has 0 heterocycles. The van der Waals surface area contributed by atoms with E-state index in [9.17, 15) is 20.0 Å². The van der Waals surface area contributed by atoms with E-state index in [-0.39, 0.29) is 19.5 Å². The first kappa shape index (κ1) is 26.4. The number of rotatable bonds is 2. The maximum atomic E-state index is 11.6. The number of nitrogens with zero attached hydrogens (tertiary/aromatic N) is 2. The molecule has 2 aliphatic rings. The van der Waals surface area contributed by atoms with Crippen molar-refractivity contribution in [2.75, 3.05) is 10.1 Å². The van der Waals surface area contributed by atoms with Gasteiger partial charge in [0.25, 0.3) is 0 Å². The van der Waals surface area contributed by atoms with Crippen molar-refractivity contribution in [1.29, 1.82) is 0 Å². The number of carbonyl (C=O) groups excluding carboxylic acids is 2. The molecule has 180 valence electrons. The first-order chi connectivity index (χ1) is 17.3. The van der Waals surface area contributed by atoms with Gasteiger partial charge in [-0.05, 0) is 81.6 Å². The standard InChI is InChI=1S/2C15H12NO2.Zn/c2*1-10(17)16(18)13-6-7-15-12(9-13)8-11-4-2-3-5-14(11)15;/h2*2-7,9H,8H2,1H3;/q2*-1;+2. The fourth-order valence-electron chi connectivity index (χ4n) is 4.88. The Hall–Kier alpha value is -3.64. The maximum Gasteiger partial charge on any atom is 2.00 e. The predicted octanol–water partition coefficient (Wildman–Crippen LogP) is 6.21. The third-order valence-electron chi connectivity index (χ3n) is 6.60. The Kier molecular flexibility index (Phi) is 7.69. The largest absolute Gasteiger partial charge is 2.00 e. The average Bonchev–Trinajstić information content (AvgIpc) is 3.45. The quantitative estimate of drug-likeness (QED) is 0.192. The molecule has 0 unspecified atom stereocenters. The average molecular weight is 542 g/mol. The third kappa shape index (κ3) is 5.12. The molecule has 0 spiro atoms. The third-order valence-corrected chi connectivity index (χ3v) is 6.60. The molecule has 0 aromatic heterocycles. The molecule has 4 aromatic carbocycles. The van der Waals surface area contributed by atoms with Gasteiger partial charge in [-0.3, -0.25) is 9.59 Å². The van der Waals surface area contributed by atoms with E-state index < -0.39 is 11.8 Å². The molecule has 0 fully saturated rings. The van der Waals surface area contributed by atoms with Crippen molar-refractivity contribution in [3.8, 4) is 22.3 Å². The van der Waals surface area contributed by atoms with E-state index in [1.54, 1.807) is 12.1 Å². The van der Waals surface area contributed by atoms with E-state index in [1.165, 1.54) is 36.1 Å². The van der Waals surface area contributed by atoms with Crippen molar-refractivity contribution < 1.29 is 29.1 Å². The van der Waals surface area contributed by atoms with Crippen LogP contribution in [0.3, 0.4) is 0 Å². The van der Waals surface area contributed by atoms with Crippen LogP contribution in [0, 0.1) is 10.4 Å². The molecule has 0 radical (unpaired) electrons. The van der Waals surface area contributed by atoms with Gasteiger partial charge in [0.15, 0.2) is 0 Å². The summed E-state index contributed by atoms with van der Waals surface area (Å²) in [6.07, 6.45) is 1.65. The van der Waals surface area contributed by atoms with E-state index in [0.717, 1.165) is 35.1 Å². The van der Waals surface area contributed by atoms with Crippen molar-refractivity contribution >= 4 is 23.2 Å². The van der Waals surface area contributed by atoms with Gasteiger partial charge in [-0.2, -0.15) is 0 Å². The van der Waals surface area contributed by atoms with Crippen molar-refractivity contribution in [3.05, 3.63) is 118 Å². The molecule has 6 nitrogen and oxygen atoms in total. The molecule has 0 saturated carbocycles. The Morgan fingerprint density at radius 1 is 0.568 bits per heavy atom. The SMILES string of the molecule is CC(=O)N([O-])c1ccc2c(c1)Cc1ccccc1-2.CC(=O)N([O-])c1ccc2c(c1)Cc1ccccc1-2.[Zn+2]. The molecular weight excluding hydrogens is 518 g/mol. The molecule has 2 amide bonds. The number of hydroxylamine groups is 2. The molecule has 7 heteroatoms. The van der Waals surface area contributed by atoms with Crippen LogP contribution in [0.2, 0.25) is 0 Å². The number of amides is 2. The van der Waals surface area contributed by atoms with Crippen LogP contribution in [0.25, 0.3) is 22.3 Å². The molecule has 0 aliphatic heterocycles. The summed E-state index contributed by atoms with van der Waals surface area (Å²) in [5.74, 6) is -0.990. The zero-order chi connectivity index (χ0) is 25.4. The predicted molar refractivity (Wildman–Crippen MR) is 142 cm³/mol. The minimum absolute atomic E-state index is 0. The normalized spacial score (nSPS) is 11.6. The zero-order valence-electron chi connectivity index (χ0n) is 20.7. The van der Waals surface area contributed by atoms with Gasteiger partial charge in [0, 0.05) is 25.2 Å². The summed E-state index contributed by atoms with van der Waals surface area (Å²) in [4.78, 5) is 22.2. The van der Waals surface area contributed by atoms with E-state index in [1.807, 2.05) is 48.5 Å². The number of carbonyl (C=O) groups is 2. The maximum absolute atomic E-state index is 11.6. The summed E-state index contributed by atoms with van der Waals surface area (Å²) >= 11 is 0. The van der Waals surface area contributed by atoms with Gasteiger partial charge in [0.1, 0.15) is 0 Å². The summed E-state index contributed by atoms with van der Waals surface area (Å²) in [7, 11) is 0. The topological polar surface area (TPSA) is 86.7 Å². The van der Waals surface area contributed by atoms with E-state index in [4.69, 9.17) is 0 Å². The van der Waals surface area contributed by atoms with Crippen LogP contribution in [-0.2, 0) is 41.9 Å². The van der Waals surface area contributed by atoms with Crippen LogP contribution in [0.15, 0.2) is 84.9 Å². The van der Waals surface area contributed by atoms with E-state index in [0.29, 0.717) is 21.5 Å². The summed E-state index contributed by atoms with van der Waals surface area (Å²) in [6.45, 7) is 2.55. The second-order valence-corrected chi connectivity index (χ2v) is 8.98. The van der Waals surface area contributed by atoms with Gasteiger partial charge in [-0.15, -0.1) is 0 Å². The summed E-state index contributed by atoms with van der Waals surface area (Å²) in [5.41, 5.74) is 10.3. The Morgan fingerprint density at radius 2 is 0.919 bits per heavy atom. The molecule has 4 aromatic rings. The fourth-order valence-corrected chi connectivity index (χ4v) is 4.88. The van der Waals surface area contributed by atoms with Gasteiger partial charge >= 0.3 is 19.5 Å². The smallest absolute Gasteiger partial charge is 0.752 e. The van der Waals surface area contributed by atoms with E-state index in [2.05, 4.69) is 24.3 Å². The first-order valence-electron chi connectivity index (χ1n) is 11.7. The van der Waals surface area contributed by atoms with Crippen LogP contribution in [0.4, 0.5) is 11.4 Å². The number of hydrogen-bond donors (Lipinski definition) is 0. The molecule has 6 rings (SSSR count). The number of hydrogen-bond acceptors (Lipinski definition) is 4. The second kappa shape index (κ2) is 10.8. The summed E-state index contributed by atoms with van der Waals surface area (Å²) < 4.78 is 0. The van der Waals surface area contributed by atoms with Gasteiger partial charge in [0.2, 0.25) is 11.8 Å². The molecule has 0 bridgehead atoms. The number of fused-ring (bicyclic) bond motifs is 6. The van der Waals surface area contributed by atoms with E-state index >= 15 is 0 Å². The zero-order valence-corrected chi connectivity index (χ0v) is 23.7. The monoisotopic (exact) mass is 540 g/mol. The minimum atomic E-state index is -0.495. The summed E-state index contributed by atoms with van der Waals surface area (Å²) in [6, 6.07) is 27.3. The molecule has 0 saturated heterocycles. The van der Waals surface area contributed by atoms with Gasteiger partial charge in [-0.25, -0.2) is 0 Å². The van der Waals surface area contributed by atoms with Crippen LogP contribution < -0.4 is 10.1 Å². The molecule has 0 N–H and O–H groups in total. The van der Waals surface area contributed by atoms with Crippen LogP contribution in [-0.4, -0.2) is 11.8 Å². The van der Waals surface area contributed by atoms with Gasteiger partial charge in [0.05, 0.1) is 0 Å². The number of anilines is 2. The van der Waals surface area contributed by atoms with Crippen molar-refractivity contribution in [2.45, 2.75) is 26.7 Å². The Balaban J connectivity index is 0.000000168. The molecule has 37 heavy (non-hydrogen) atoms. The molecule has 2 aliphatic carbocycles. The fraction of sp³-hybridized carbons (Fsp3) is 0.133.